The number of benzene rings is 2. The molecule has 0 aromatic heterocycles. The van der Waals surface area contributed by atoms with Crippen molar-refractivity contribution >= 4 is 5.96 Å². The number of nitrogens with one attached hydrogen (secondary N) is 1. The summed E-state index contributed by atoms with van der Waals surface area (Å²) >= 11 is 0. The number of hydrogen-bond acceptors (Lipinski definition) is 3. The summed E-state index contributed by atoms with van der Waals surface area (Å²) in [5, 5.41) is 3.48. The van der Waals surface area contributed by atoms with Crippen LogP contribution in [0.5, 0.6) is 0 Å². The molecule has 5 nitrogen and oxygen atoms in total. The SMILES string of the molecule is CN=C(NCc1ccc(COCc2ccccc2)cc1)N1CCC(COC)C1. The Morgan fingerprint density at radius 1 is 1.04 bits per heavy atom. The van der Waals surface area contributed by atoms with Crippen LogP contribution in [0.15, 0.2) is 59.6 Å². The normalized spacial score (nSPS) is 17.1. The minimum atomic E-state index is 0.596. The summed E-state index contributed by atoms with van der Waals surface area (Å²) in [6, 6.07) is 18.8. The number of rotatable bonds is 8. The summed E-state index contributed by atoms with van der Waals surface area (Å²) in [5.74, 6) is 1.56. The second-order valence-electron chi connectivity index (χ2n) is 7.25. The van der Waals surface area contributed by atoms with E-state index in [-0.39, 0.29) is 0 Å². The molecule has 0 bridgehead atoms. The first-order chi connectivity index (χ1) is 13.8. The van der Waals surface area contributed by atoms with Crippen LogP contribution in [0.1, 0.15) is 23.1 Å². The predicted octanol–water partition coefficient (Wildman–Crippen LogP) is 3.45. The van der Waals surface area contributed by atoms with E-state index in [1.54, 1.807) is 7.11 Å². The average Bonchev–Trinajstić information content (AvgIpc) is 3.19. The van der Waals surface area contributed by atoms with Crippen molar-refractivity contribution < 1.29 is 9.47 Å². The molecule has 2 aromatic rings. The van der Waals surface area contributed by atoms with Gasteiger partial charge in [-0.15, -0.1) is 0 Å². The van der Waals surface area contributed by atoms with Crippen molar-refractivity contribution in [3.05, 3.63) is 71.3 Å². The first-order valence-electron chi connectivity index (χ1n) is 9.92. The Kier molecular flexibility index (Phi) is 7.88. The molecule has 0 radical (unpaired) electrons. The molecule has 28 heavy (non-hydrogen) atoms. The van der Waals surface area contributed by atoms with Crippen LogP contribution in [0.2, 0.25) is 0 Å². The minimum Gasteiger partial charge on any atom is -0.384 e. The van der Waals surface area contributed by atoms with Crippen LogP contribution in [-0.2, 0) is 29.2 Å². The fraction of sp³-hybridized carbons (Fsp3) is 0.435. The summed E-state index contributed by atoms with van der Waals surface area (Å²) in [7, 11) is 3.62. The number of methoxy groups -OCH3 is 1. The van der Waals surface area contributed by atoms with Gasteiger partial charge in [0.1, 0.15) is 0 Å². The molecular weight excluding hydrogens is 350 g/mol. The molecule has 5 heteroatoms. The molecule has 1 unspecified atom stereocenters. The van der Waals surface area contributed by atoms with Crippen molar-refractivity contribution in [1.82, 2.24) is 10.2 Å². The maximum Gasteiger partial charge on any atom is 0.193 e. The quantitative estimate of drug-likeness (QED) is 0.562. The standard InChI is InChI=1S/C23H31N3O2/c1-24-23(26-13-12-22(15-26)16-27-2)25-14-19-8-10-21(11-9-19)18-28-17-20-6-4-3-5-7-20/h3-11,22H,12-18H2,1-2H3,(H,24,25). The Hall–Kier alpha value is -2.37. The lowest BCUT2D eigenvalue weighted by Gasteiger charge is -2.21. The Morgan fingerprint density at radius 3 is 2.39 bits per heavy atom. The van der Waals surface area contributed by atoms with Crippen LogP contribution in [0.3, 0.4) is 0 Å². The van der Waals surface area contributed by atoms with Crippen molar-refractivity contribution in [1.29, 1.82) is 0 Å². The smallest absolute Gasteiger partial charge is 0.193 e. The van der Waals surface area contributed by atoms with Gasteiger partial charge in [0.05, 0.1) is 19.8 Å². The van der Waals surface area contributed by atoms with Gasteiger partial charge >= 0.3 is 0 Å². The molecule has 150 valence electrons. The highest BCUT2D eigenvalue weighted by Gasteiger charge is 2.24. The van der Waals surface area contributed by atoms with Crippen molar-refractivity contribution in [2.45, 2.75) is 26.2 Å². The lowest BCUT2D eigenvalue weighted by Crippen LogP contribution is -2.39. The maximum atomic E-state index is 5.81. The van der Waals surface area contributed by atoms with Crippen molar-refractivity contribution in [3.8, 4) is 0 Å². The molecule has 1 aliphatic heterocycles. The van der Waals surface area contributed by atoms with E-state index in [0.717, 1.165) is 38.6 Å². The summed E-state index contributed by atoms with van der Waals surface area (Å²) in [4.78, 5) is 6.75. The number of likely N-dealkylation sites (tertiary alicyclic amines) is 1. The molecule has 1 saturated heterocycles. The van der Waals surface area contributed by atoms with E-state index < -0.39 is 0 Å². The largest absolute Gasteiger partial charge is 0.384 e. The van der Waals surface area contributed by atoms with Crippen LogP contribution in [-0.4, -0.2) is 44.7 Å². The molecule has 0 spiro atoms. The molecule has 1 atom stereocenters. The van der Waals surface area contributed by atoms with Gasteiger partial charge in [0.2, 0.25) is 0 Å². The third-order valence-corrected chi connectivity index (χ3v) is 5.05. The molecular formula is C23H31N3O2. The number of ether oxygens (including phenoxy) is 2. The van der Waals surface area contributed by atoms with Gasteiger partial charge in [-0.3, -0.25) is 4.99 Å². The Labute approximate surface area is 168 Å². The highest BCUT2D eigenvalue weighted by Crippen LogP contribution is 2.16. The minimum absolute atomic E-state index is 0.596. The van der Waals surface area contributed by atoms with Gasteiger partial charge < -0.3 is 19.7 Å². The first kappa shape index (κ1) is 20.4. The zero-order valence-corrected chi connectivity index (χ0v) is 16.9. The highest BCUT2D eigenvalue weighted by atomic mass is 16.5. The zero-order valence-electron chi connectivity index (χ0n) is 16.9. The van der Waals surface area contributed by atoms with Crippen LogP contribution < -0.4 is 5.32 Å². The average molecular weight is 382 g/mol. The summed E-state index contributed by atoms with van der Waals surface area (Å²) in [6.45, 7) is 4.89. The molecule has 1 N–H and O–H groups in total. The summed E-state index contributed by atoms with van der Waals surface area (Å²) in [5.41, 5.74) is 3.62. The number of nitrogens with zero attached hydrogens (tertiary/aromatic N) is 2. The summed E-state index contributed by atoms with van der Waals surface area (Å²) in [6.07, 6.45) is 1.16. The fourth-order valence-corrected chi connectivity index (χ4v) is 3.52. The van der Waals surface area contributed by atoms with Gasteiger partial charge in [-0.1, -0.05) is 54.6 Å². The number of aliphatic imine (C=N–C) groups is 1. The van der Waals surface area contributed by atoms with Gasteiger partial charge in [0.15, 0.2) is 5.96 Å². The third kappa shape index (κ3) is 6.08. The second-order valence-corrected chi connectivity index (χ2v) is 7.25. The fourth-order valence-electron chi connectivity index (χ4n) is 3.52. The second kappa shape index (κ2) is 10.8. The van der Waals surface area contributed by atoms with Gasteiger partial charge in [-0.25, -0.2) is 0 Å². The topological polar surface area (TPSA) is 46.1 Å². The van der Waals surface area contributed by atoms with E-state index in [1.165, 1.54) is 16.7 Å². The maximum absolute atomic E-state index is 5.81. The Morgan fingerprint density at radius 2 is 1.71 bits per heavy atom. The molecule has 1 fully saturated rings. The van der Waals surface area contributed by atoms with Crippen LogP contribution in [0, 0.1) is 5.92 Å². The summed E-state index contributed by atoms with van der Waals surface area (Å²) < 4.78 is 11.1. The molecule has 0 saturated carbocycles. The Bertz CT molecular complexity index is 731. The van der Waals surface area contributed by atoms with Crippen molar-refractivity contribution in [2.24, 2.45) is 10.9 Å². The van der Waals surface area contributed by atoms with Crippen LogP contribution in [0.25, 0.3) is 0 Å². The lowest BCUT2D eigenvalue weighted by molar-refractivity contribution is 0.107. The van der Waals surface area contributed by atoms with E-state index >= 15 is 0 Å². The van der Waals surface area contributed by atoms with E-state index in [9.17, 15) is 0 Å². The third-order valence-electron chi connectivity index (χ3n) is 5.05. The predicted molar refractivity (Wildman–Crippen MR) is 113 cm³/mol. The van der Waals surface area contributed by atoms with Gasteiger partial charge in [0.25, 0.3) is 0 Å². The first-order valence-corrected chi connectivity index (χ1v) is 9.92. The monoisotopic (exact) mass is 381 g/mol. The Balaban J connectivity index is 1.42. The van der Waals surface area contributed by atoms with Gasteiger partial charge in [-0.2, -0.15) is 0 Å². The van der Waals surface area contributed by atoms with Gasteiger partial charge in [-0.05, 0) is 23.1 Å². The molecule has 2 aromatic carbocycles. The number of guanidine groups is 1. The van der Waals surface area contributed by atoms with Crippen LogP contribution in [0.4, 0.5) is 0 Å². The molecule has 1 aliphatic rings. The van der Waals surface area contributed by atoms with E-state index in [1.807, 2.05) is 25.2 Å². The van der Waals surface area contributed by atoms with Gasteiger partial charge in [0, 0.05) is 39.7 Å². The van der Waals surface area contributed by atoms with E-state index in [2.05, 4.69) is 51.6 Å². The molecule has 0 amide bonds. The molecule has 3 rings (SSSR count). The van der Waals surface area contributed by atoms with Crippen molar-refractivity contribution in [2.75, 3.05) is 33.9 Å². The number of hydrogen-bond donors (Lipinski definition) is 1. The van der Waals surface area contributed by atoms with Crippen molar-refractivity contribution in [3.63, 3.8) is 0 Å². The van der Waals surface area contributed by atoms with E-state index in [0.29, 0.717) is 19.1 Å². The zero-order chi connectivity index (χ0) is 19.6. The lowest BCUT2D eigenvalue weighted by atomic mass is 10.1. The molecule has 0 aliphatic carbocycles. The van der Waals surface area contributed by atoms with Crippen LogP contribution >= 0.6 is 0 Å². The highest BCUT2D eigenvalue weighted by molar-refractivity contribution is 5.80. The molecule has 1 heterocycles. The van der Waals surface area contributed by atoms with E-state index in [4.69, 9.17) is 9.47 Å².